The van der Waals surface area contributed by atoms with E-state index in [0.29, 0.717) is 12.1 Å². The van der Waals surface area contributed by atoms with Crippen molar-refractivity contribution in [1.82, 2.24) is 9.78 Å². The first kappa shape index (κ1) is 14.4. The van der Waals surface area contributed by atoms with Gasteiger partial charge >= 0.3 is 0 Å². The first-order chi connectivity index (χ1) is 10.5. The lowest BCUT2D eigenvalue weighted by Crippen LogP contribution is -2.07. The molecule has 4 heteroatoms. The highest BCUT2D eigenvalue weighted by Crippen LogP contribution is 2.19. The molecule has 0 fully saturated rings. The zero-order chi connectivity index (χ0) is 15.7. The predicted octanol–water partition coefficient (Wildman–Crippen LogP) is 4.06. The van der Waals surface area contributed by atoms with Gasteiger partial charge < -0.3 is 0 Å². The number of halogens is 1. The molecule has 22 heavy (non-hydrogen) atoms. The molecule has 0 radical (unpaired) electrons. The molecule has 3 aromatic rings. The Morgan fingerprint density at radius 3 is 2.59 bits per heavy atom. The van der Waals surface area contributed by atoms with Crippen molar-refractivity contribution in [2.45, 2.75) is 20.4 Å². The summed E-state index contributed by atoms with van der Waals surface area (Å²) in [6.45, 7) is 4.36. The van der Waals surface area contributed by atoms with Crippen molar-refractivity contribution in [2.24, 2.45) is 5.92 Å². The van der Waals surface area contributed by atoms with E-state index in [-0.39, 0.29) is 17.5 Å². The van der Waals surface area contributed by atoms with E-state index in [4.69, 9.17) is 0 Å². The summed E-state index contributed by atoms with van der Waals surface area (Å²) in [7, 11) is 0. The summed E-state index contributed by atoms with van der Waals surface area (Å²) >= 11 is 0. The van der Waals surface area contributed by atoms with Crippen LogP contribution in [0, 0.1) is 11.7 Å². The normalized spacial score (nSPS) is 11.3. The first-order valence-corrected chi connectivity index (χ1v) is 7.29. The van der Waals surface area contributed by atoms with Crippen LogP contribution in [0.3, 0.4) is 0 Å². The van der Waals surface area contributed by atoms with E-state index in [1.54, 1.807) is 18.3 Å². The van der Waals surface area contributed by atoms with Gasteiger partial charge in [0.1, 0.15) is 5.82 Å². The Balaban J connectivity index is 1.92. The third kappa shape index (κ3) is 2.77. The van der Waals surface area contributed by atoms with Crippen LogP contribution in [0.25, 0.3) is 10.9 Å². The average molecular weight is 296 g/mol. The van der Waals surface area contributed by atoms with Crippen LogP contribution >= 0.6 is 0 Å². The number of nitrogens with zero attached hydrogens (tertiary/aromatic N) is 2. The number of fused-ring (bicyclic) bond motifs is 1. The standard InChI is InChI=1S/C18H17FN2O/c1-12(2)18(22)14-5-8-17-15(9-14)10-20-21(17)11-13-3-6-16(19)7-4-13/h3-10,12H,11H2,1-2H3. The molecular formula is C18H17FN2O. The summed E-state index contributed by atoms with van der Waals surface area (Å²) in [5.41, 5.74) is 2.65. The molecule has 0 bridgehead atoms. The van der Waals surface area contributed by atoms with Crippen molar-refractivity contribution in [3.8, 4) is 0 Å². The van der Waals surface area contributed by atoms with Gasteiger partial charge in [-0.25, -0.2) is 4.39 Å². The zero-order valence-corrected chi connectivity index (χ0v) is 12.6. The minimum atomic E-state index is -0.245. The molecule has 0 unspecified atom stereocenters. The number of carbonyl (C=O) groups excluding carboxylic acids is 1. The van der Waals surface area contributed by atoms with Crippen molar-refractivity contribution in [2.75, 3.05) is 0 Å². The quantitative estimate of drug-likeness (QED) is 0.680. The number of benzene rings is 2. The van der Waals surface area contributed by atoms with Crippen molar-refractivity contribution in [3.63, 3.8) is 0 Å². The lowest BCUT2D eigenvalue weighted by molar-refractivity contribution is 0.0939. The first-order valence-electron chi connectivity index (χ1n) is 7.29. The Kier molecular flexibility index (Phi) is 3.75. The van der Waals surface area contributed by atoms with E-state index in [1.807, 2.05) is 36.7 Å². The highest BCUT2D eigenvalue weighted by atomic mass is 19.1. The van der Waals surface area contributed by atoms with Gasteiger partial charge in [0.25, 0.3) is 0 Å². The van der Waals surface area contributed by atoms with E-state index in [2.05, 4.69) is 5.10 Å². The third-order valence-corrected chi connectivity index (χ3v) is 3.70. The van der Waals surface area contributed by atoms with Crippen molar-refractivity contribution in [1.29, 1.82) is 0 Å². The molecule has 0 aliphatic carbocycles. The van der Waals surface area contributed by atoms with E-state index in [0.717, 1.165) is 16.5 Å². The van der Waals surface area contributed by atoms with Crippen molar-refractivity contribution in [3.05, 3.63) is 65.6 Å². The fourth-order valence-corrected chi connectivity index (χ4v) is 2.46. The molecule has 0 spiro atoms. The molecule has 1 heterocycles. The number of ketones is 1. The number of Topliss-reactive ketones (excluding diaryl/α,β-unsaturated/α-hetero) is 1. The van der Waals surface area contributed by atoms with Gasteiger partial charge in [-0.1, -0.05) is 26.0 Å². The van der Waals surface area contributed by atoms with Crippen LogP contribution in [-0.4, -0.2) is 15.6 Å². The molecule has 112 valence electrons. The minimum Gasteiger partial charge on any atom is -0.294 e. The van der Waals surface area contributed by atoms with Crippen LogP contribution in [-0.2, 0) is 6.54 Å². The molecule has 0 atom stereocenters. The number of aromatic nitrogens is 2. The molecule has 3 rings (SSSR count). The van der Waals surface area contributed by atoms with Crippen LogP contribution < -0.4 is 0 Å². The summed E-state index contributed by atoms with van der Waals surface area (Å²) < 4.78 is 14.8. The molecule has 0 amide bonds. The molecule has 0 aliphatic heterocycles. The highest BCUT2D eigenvalue weighted by molar-refractivity contribution is 6.00. The Labute approximate surface area is 128 Å². The average Bonchev–Trinajstić information content (AvgIpc) is 2.91. The van der Waals surface area contributed by atoms with Crippen LogP contribution in [0.15, 0.2) is 48.7 Å². The Morgan fingerprint density at radius 2 is 1.91 bits per heavy atom. The lowest BCUT2D eigenvalue weighted by Gasteiger charge is -2.06. The van der Waals surface area contributed by atoms with E-state index < -0.39 is 0 Å². The maximum atomic E-state index is 12.9. The van der Waals surface area contributed by atoms with Crippen molar-refractivity contribution >= 4 is 16.7 Å². The largest absolute Gasteiger partial charge is 0.294 e. The monoisotopic (exact) mass is 296 g/mol. The van der Waals surface area contributed by atoms with Crippen LogP contribution in [0.1, 0.15) is 29.8 Å². The van der Waals surface area contributed by atoms with E-state index >= 15 is 0 Å². The summed E-state index contributed by atoms with van der Waals surface area (Å²) in [5, 5.41) is 5.31. The van der Waals surface area contributed by atoms with Gasteiger partial charge in [0.2, 0.25) is 0 Å². The Morgan fingerprint density at radius 1 is 1.18 bits per heavy atom. The van der Waals surface area contributed by atoms with E-state index in [9.17, 15) is 9.18 Å². The predicted molar refractivity (Wildman–Crippen MR) is 84.4 cm³/mol. The summed E-state index contributed by atoms with van der Waals surface area (Å²) in [4.78, 5) is 12.1. The topological polar surface area (TPSA) is 34.9 Å². The summed E-state index contributed by atoms with van der Waals surface area (Å²) in [6.07, 6.45) is 1.76. The van der Waals surface area contributed by atoms with Crippen LogP contribution in [0.4, 0.5) is 4.39 Å². The fourth-order valence-electron chi connectivity index (χ4n) is 2.46. The zero-order valence-electron chi connectivity index (χ0n) is 12.6. The van der Waals surface area contributed by atoms with Gasteiger partial charge in [0.05, 0.1) is 18.3 Å². The highest BCUT2D eigenvalue weighted by Gasteiger charge is 2.12. The second kappa shape index (κ2) is 5.72. The summed E-state index contributed by atoms with van der Waals surface area (Å²) in [5.74, 6) is -0.134. The molecule has 0 saturated carbocycles. The molecular weight excluding hydrogens is 279 g/mol. The maximum absolute atomic E-state index is 12.9. The minimum absolute atomic E-state index is 0.0216. The second-order valence-electron chi connectivity index (χ2n) is 5.72. The smallest absolute Gasteiger partial charge is 0.165 e. The van der Waals surface area contributed by atoms with Gasteiger partial charge in [-0.3, -0.25) is 9.48 Å². The second-order valence-corrected chi connectivity index (χ2v) is 5.72. The molecule has 3 nitrogen and oxygen atoms in total. The fraction of sp³-hybridized carbons (Fsp3) is 0.222. The van der Waals surface area contributed by atoms with Crippen molar-refractivity contribution < 1.29 is 9.18 Å². The molecule has 1 aromatic heterocycles. The van der Waals surface area contributed by atoms with Crippen LogP contribution in [0.2, 0.25) is 0 Å². The summed E-state index contributed by atoms with van der Waals surface area (Å²) in [6, 6.07) is 12.0. The van der Waals surface area contributed by atoms with Gasteiger partial charge in [0, 0.05) is 16.9 Å². The molecule has 0 N–H and O–H groups in total. The SMILES string of the molecule is CC(C)C(=O)c1ccc2c(cnn2Cc2ccc(F)cc2)c1. The number of rotatable bonds is 4. The Bertz CT molecular complexity index is 819. The van der Waals surface area contributed by atoms with Gasteiger partial charge in [-0.05, 0) is 35.9 Å². The van der Waals surface area contributed by atoms with E-state index in [1.165, 1.54) is 12.1 Å². The molecule has 2 aromatic carbocycles. The molecule has 0 aliphatic rings. The van der Waals surface area contributed by atoms with Crippen LogP contribution in [0.5, 0.6) is 0 Å². The molecule has 0 saturated heterocycles. The van der Waals surface area contributed by atoms with Gasteiger partial charge in [-0.2, -0.15) is 5.10 Å². The Hall–Kier alpha value is -2.49. The number of carbonyl (C=O) groups is 1. The maximum Gasteiger partial charge on any atom is 0.165 e. The van der Waals surface area contributed by atoms with Gasteiger partial charge in [0.15, 0.2) is 5.78 Å². The third-order valence-electron chi connectivity index (χ3n) is 3.70. The van der Waals surface area contributed by atoms with Gasteiger partial charge in [-0.15, -0.1) is 0 Å². The number of hydrogen-bond acceptors (Lipinski definition) is 2. The lowest BCUT2D eigenvalue weighted by atomic mass is 10.0. The number of hydrogen-bond donors (Lipinski definition) is 0.